The minimum absolute atomic E-state index is 0. The Bertz CT molecular complexity index is 81.1. The fourth-order valence-electron chi connectivity index (χ4n) is 0.260. The van der Waals surface area contributed by atoms with Gasteiger partial charge in [0, 0.05) is 32.7 Å². The van der Waals surface area contributed by atoms with Gasteiger partial charge in [0.05, 0.1) is 6.61 Å². The molecule has 9 heavy (non-hydrogen) atoms. The van der Waals surface area contributed by atoms with E-state index in [1.54, 1.807) is 6.92 Å². The molecule has 0 aromatic rings. The molecule has 0 spiro atoms. The minimum atomic E-state index is -0.491. The molecule has 0 aromatic carbocycles. The van der Waals surface area contributed by atoms with Gasteiger partial charge in [-0.2, -0.15) is 0 Å². The SMILES string of the molecule is [CH2-]C([CH2-])C(=O)OCC.[Y]. The van der Waals surface area contributed by atoms with Crippen LogP contribution in [-0.2, 0) is 42.2 Å². The molecule has 0 bridgehead atoms. The maximum atomic E-state index is 10.4. The van der Waals surface area contributed by atoms with Crippen LogP contribution in [0.3, 0.4) is 0 Å². The van der Waals surface area contributed by atoms with Gasteiger partial charge in [-0.1, -0.05) is 0 Å². The third-order valence-electron chi connectivity index (χ3n) is 0.620. The first-order valence-corrected chi connectivity index (χ1v) is 2.51. The molecule has 0 aliphatic carbocycles. The zero-order valence-electron chi connectivity index (χ0n) is 5.59. The van der Waals surface area contributed by atoms with Crippen molar-refractivity contribution in [1.29, 1.82) is 0 Å². The van der Waals surface area contributed by atoms with E-state index in [2.05, 4.69) is 18.6 Å². The Morgan fingerprint density at radius 2 is 2.11 bits per heavy atom. The van der Waals surface area contributed by atoms with Crippen LogP contribution in [-0.4, -0.2) is 12.6 Å². The fourth-order valence-corrected chi connectivity index (χ4v) is 0.260. The molecular formula is C6H10O2Y-2. The van der Waals surface area contributed by atoms with Crippen molar-refractivity contribution >= 4 is 5.97 Å². The van der Waals surface area contributed by atoms with E-state index < -0.39 is 5.92 Å². The number of esters is 1. The van der Waals surface area contributed by atoms with Crippen molar-refractivity contribution in [3.05, 3.63) is 13.8 Å². The van der Waals surface area contributed by atoms with Gasteiger partial charge in [0.25, 0.3) is 0 Å². The maximum absolute atomic E-state index is 10.4. The molecular weight excluding hydrogens is 193 g/mol. The molecule has 3 heteroatoms. The predicted octanol–water partition coefficient (Wildman–Crippen LogP) is 0.831. The number of carbonyl (C=O) groups is 1. The van der Waals surface area contributed by atoms with Gasteiger partial charge >= 0.3 is 0 Å². The van der Waals surface area contributed by atoms with E-state index in [-0.39, 0.29) is 38.7 Å². The van der Waals surface area contributed by atoms with Gasteiger partial charge in [0.1, 0.15) is 0 Å². The topological polar surface area (TPSA) is 26.3 Å². The second kappa shape index (κ2) is 6.69. The standard InChI is InChI=1S/C6H10O2.Y/c1-4-8-6(7)5(2)3;/h5H,2-4H2,1H3;/q-2;. The fraction of sp³-hybridized carbons (Fsp3) is 0.500. The second-order valence-electron chi connectivity index (χ2n) is 1.45. The molecule has 0 fully saturated rings. The van der Waals surface area contributed by atoms with Gasteiger partial charge in [-0.25, -0.2) is 5.92 Å². The molecule has 0 atom stereocenters. The van der Waals surface area contributed by atoms with E-state index in [9.17, 15) is 4.79 Å². The summed E-state index contributed by atoms with van der Waals surface area (Å²) in [6, 6.07) is 0. The first kappa shape index (κ1) is 12.3. The molecule has 2 nitrogen and oxygen atoms in total. The van der Waals surface area contributed by atoms with Gasteiger partial charge < -0.3 is 18.6 Å². The van der Waals surface area contributed by atoms with Crippen LogP contribution in [0.1, 0.15) is 6.92 Å². The van der Waals surface area contributed by atoms with Crippen LogP contribution < -0.4 is 0 Å². The number of carbonyl (C=O) groups excluding carboxylic acids is 1. The Morgan fingerprint density at radius 1 is 1.67 bits per heavy atom. The molecule has 51 valence electrons. The van der Waals surface area contributed by atoms with Crippen molar-refractivity contribution in [1.82, 2.24) is 0 Å². The predicted molar refractivity (Wildman–Crippen MR) is 30.8 cm³/mol. The number of rotatable bonds is 2. The van der Waals surface area contributed by atoms with E-state index in [0.29, 0.717) is 6.61 Å². The smallest absolute Gasteiger partial charge is 0.249 e. The molecule has 1 radical (unpaired) electrons. The second-order valence-corrected chi connectivity index (χ2v) is 1.45. The van der Waals surface area contributed by atoms with Crippen LogP contribution in [0.5, 0.6) is 0 Å². The third kappa shape index (κ3) is 6.46. The van der Waals surface area contributed by atoms with E-state index in [4.69, 9.17) is 0 Å². The zero-order chi connectivity index (χ0) is 6.57. The summed E-state index contributed by atoms with van der Waals surface area (Å²) in [7, 11) is 0. The van der Waals surface area contributed by atoms with Gasteiger partial charge in [0.2, 0.25) is 5.97 Å². The van der Waals surface area contributed by atoms with Crippen molar-refractivity contribution in [2.45, 2.75) is 6.92 Å². The van der Waals surface area contributed by atoms with Crippen molar-refractivity contribution in [2.75, 3.05) is 6.61 Å². The molecule has 0 amide bonds. The largest absolute Gasteiger partial charge is 0.469 e. The third-order valence-corrected chi connectivity index (χ3v) is 0.620. The summed E-state index contributed by atoms with van der Waals surface area (Å²) < 4.78 is 4.54. The van der Waals surface area contributed by atoms with E-state index in [1.165, 1.54) is 0 Å². The van der Waals surface area contributed by atoms with Crippen LogP contribution in [0.2, 0.25) is 0 Å². The molecule has 0 saturated carbocycles. The van der Waals surface area contributed by atoms with Crippen LogP contribution in [0.15, 0.2) is 0 Å². The van der Waals surface area contributed by atoms with E-state index in [1.807, 2.05) is 0 Å². The summed E-state index contributed by atoms with van der Waals surface area (Å²) in [5.74, 6) is -0.831. The molecule has 0 aliphatic rings. The van der Waals surface area contributed by atoms with Gasteiger partial charge in [0.15, 0.2) is 0 Å². The Kier molecular flexibility index (Phi) is 9.12. The normalized spacial score (nSPS) is 8.44. The molecule has 0 rings (SSSR count). The van der Waals surface area contributed by atoms with Crippen LogP contribution in [0.25, 0.3) is 0 Å². The minimum Gasteiger partial charge on any atom is -0.469 e. The maximum Gasteiger partial charge on any atom is 0.249 e. The average molecular weight is 203 g/mol. The van der Waals surface area contributed by atoms with Crippen molar-refractivity contribution < 1.29 is 42.2 Å². The molecule has 0 aromatic heterocycles. The van der Waals surface area contributed by atoms with Crippen molar-refractivity contribution in [2.24, 2.45) is 5.92 Å². The molecule has 0 unspecified atom stereocenters. The van der Waals surface area contributed by atoms with Gasteiger partial charge in [-0.3, -0.25) is 4.79 Å². The summed E-state index contributed by atoms with van der Waals surface area (Å²) in [6.07, 6.45) is 0. The van der Waals surface area contributed by atoms with Gasteiger partial charge in [-0.05, 0) is 6.92 Å². The Balaban J connectivity index is 0. The number of hydrogen-bond donors (Lipinski definition) is 0. The Hall–Kier alpha value is 0.574. The quantitative estimate of drug-likeness (QED) is 0.490. The number of ether oxygens (including phenoxy) is 1. The monoisotopic (exact) mass is 203 g/mol. The van der Waals surface area contributed by atoms with Crippen molar-refractivity contribution in [3.8, 4) is 0 Å². The summed E-state index contributed by atoms with van der Waals surface area (Å²) in [6.45, 7) is 8.90. The van der Waals surface area contributed by atoms with Crippen LogP contribution in [0.4, 0.5) is 0 Å². The zero-order valence-corrected chi connectivity index (χ0v) is 8.43. The number of hydrogen-bond acceptors (Lipinski definition) is 2. The summed E-state index contributed by atoms with van der Waals surface area (Å²) in [5, 5.41) is 0. The van der Waals surface area contributed by atoms with Gasteiger partial charge in [-0.15, -0.1) is 0 Å². The first-order valence-electron chi connectivity index (χ1n) is 2.51. The van der Waals surface area contributed by atoms with E-state index in [0.717, 1.165) is 0 Å². The molecule has 0 aliphatic heterocycles. The van der Waals surface area contributed by atoms with Crippen LogP contribution in [0, 0.1) is 19.8 Å². The Morgan fingerprint density at radius 3 is 2.22 bits per heavy atom. The molecule has 0 saturated heterocycles. The molecule has 0 N–H and O–H groups in total. The summed E-state index contributed by atoms with van der Waals surface area (Å²) in [4.78, 5) is 10.4. The summed E-state index contributed by atoms with van der Waals surface area (Å²) in [5.41, 5.74) is 0. The van der Waals surface area contributed by atoms with Crippen molar-refractivity contribution in [3.63, 3.8) is 0 Å². The van der Waals surface area contributed by atoms with E-state index >= 15 is 0 Å². The summed E-state index contributed by atoms with van der Waals surface area (Å²) >= 11 is 0. The Labute approximate surface area is 81.2 Å². The first-order chi connectivity index (χ1) is 3.68. The average Bonchev–Trinajstić information content (AvgIpc) is 1.67. The molecule has 0 heterocycles. The van der Waals surface area contributed by atoms with Crippen LogP contribution >= 0.6 is 0 Å².